The van der Waals surface area contributed by atoms with Crippen LogP contribution in [0.5, 0.6) is 11.5 Å². The number of fused-ring (bicyclic) bond motifs is 1. The summed E-state index contributed by atoms with van der Waals surface area (Å²) < 4.78 is 23.9. The number of benzene rings is 2. The summed E-state index contributed by atoms with van der Waals surface area (Å²) in [7, 11) is -1.15. The van der Waals surface area contributed by atoms with Gasteiger partial charge in [-0.15, -0.1) is 0 Å². The number of nitrogens with two attached hydrogens (primary N) is 1. The quantitative estimate of drug-likeness (QED) is 0.902. The normalized spacial score (nSPS) is 15.7. The van der Waals surface area contributed by atoms with E-state index in [4.69, 9.17) is 15.2 Å². The van der Waals surface area contributed by atoms with Gasteiger partial charge in [0, 0.05) is 21.2 Å². The first-order valence-corrected chi connectivity index (χ1v) is 8.54. The lowest BCUT2D eigenvalue weighted by Crippen LogP contribution is -2.18. The van der Waals surface area contributed by atoms with E-state index in [2.05, 4.69) is 15.9 Å². The van der Waals surface area contributed by atoms with Crippen LogP contribution >= 0.6 is 15.9 Å². The summed E-state index contributed by atoms with van der Waals surface area (Å²) in [5.74, 6) is 1.77. The number of halogens is 1. The summed E-state index contributed by atoms with van der Waals surface area (Å²) >= 11 is 3.38. The SMILES string of the molecule is NC(CS(=O)c1cccc(Br)c1)c1ccc2c(c1)OCO2. The second-order valence-electron chi connectivity index (χ2n) is 4.69. The van der Waals surface area contributed by atoms with Crippen LogP contribution in [0, 0.1) is 0 Å². The molecule has 2 aromatic carbocycles. The van der Waals surface area contributed by atoms with E-state index in [0.29, 0.717) is 11.5 Å². The molecule has 0 amide bonds. The van der Waals surface area contributed by atoms with Crippen molar-refractivity contribution in [3.63, 3.8) is 0 Å². The van der Waals surface area contributed by atoms with E-state index in [0.717, 1.165) is 20.7 Å². The molecule has 1 aliphatic rings. The Morgan fingerprint density at radius 1 is 1.19 bits per heavy atom. The van der Waals surface area contributed by atoms with E-state index in [1.807, 2.05) is 42.5 Å². The van der Waals surface area contributed by atoms with Gasteiger partial charge in [-0.2, -0.15) is 0 Å². The molecular weight excluding hydrogens is 354 g/mol. The minimum Gasteiger partial charge on any atom is -0.454 e. The van der Waals surface area contributed by atoms with E-state index in [1.165, 1.54) is 0 Å². The lowest BCUT2D eigenvalue weighted by Gasteiger charge is -2.12. The molecule has 0 fully saturated rings. The Bertz CT molecular complexity index is 692. The zero-order valence-corrected chi connectivity index (χ0v) is 13.5. The highest BCUT2D eigenvalue weighted by atomic mass is 79.9. The summed E-state index contributed by atoms with van der Waals surface area (Å²) in [4.78, 5) is 0.764. The number of rotatable bonds is 4. The molecule has 0 radical (unpaired) electrons. The molecule has 0 aliphatic carbocycles. The van der Waals surface area contributed by atoms with Gasteiger partial charge in [-0.25, -0.2) is 0 Å². The van der Waals surface area contributed by atoms with Gasteiger partial charge in [-0.1, -0.05) is 28.1 Å². The third kappa shape index (κ3) is 3.28. The second kappa shape index (κ2) is 6.17. The Labute approximate surface area is 133 Å². The first kappa shape index (κ1) is 14.6. The van der Waals surface area contributed by atoms with Gasteiger partial charge < -0.3 is 15.2 Å². The van der Waals surface area contributed by atoms with Gasteiger partial charge in [-0.05, 0) is 35.9 Å². The van der Waals surface area contributed by atoms with Crippen LogP contribution in [-0.4, -0.2) is 16.8 Å². The largest absolute Gasteiger partial charge is 0.454 e. The van der Waals surface area contributed by atoms with Crippen LogP contribution in [0.15, 0.2) is 51.8 Å². The van der Waals surface area contributed by atoms with Crippen molar-refractivity contribution in [1.82, 2.24) is 0 Å². The zero-order chi connectivity index (χ0) is 14.8. The smallest absolute Gasteiger partial charge is 0.231 e. The number of hydrogen-bond donors (Lipinski definition) is 1. The van der Waals surface area contributed by atoms with Gasteiger partial charge in [0.2, 0.25) is 6.79 Å². The maximum absolute atomic E-state index is 12.4. The van der Waals surface area contributed by atoms with E-state index < -0.39 is 10.8 Å². The van der Waals surface area contributed by atoms with Crippen molar-refractivity contribution < 1.29 is 13.7 Å². The van der Waals surface area contributed by atoms with Crippen LogP contribution in [0.4, 0.5) is 0 Å². The van der Waals surface area contributed by atoms with Crippen molar-refractivity contribution in [2.75, 3.05) is 12.5 Å². The van der Waals surface area contributed by atoms with Crippen LogP contribution in [0.1, 0.15) is 11.6 Å². The molecule has 2 unspecified atom stereocenters. The van der Waals surface area contributed by atoms with E-state index in [9.17, 15) is 4.21 Å². The summed E-state index contributed by atoms with van der Waals surface area (Å²) in [5.41, 5.74) is 7.06. The van der Waals surface area contributed by atoms with Crippen LogP contribution < -0.4 is 15.2 Å². The predicted molar refractivity (Wildman–Crippen MR) is 84.9 cm³/mol. The van der Waals surface area contributed by atoms with E-state index in [1.54, 1.807) is 0 Å². The first-order chi connectivity index (χ1) is 10.1. The number of hydrogen-bond acceptors (Lipinski definition) is 4. The minimum absolute atomic E-state index is 0.234. The molecular formula is C15H14BrNO3S. The fourth-order valence-corrected chi connectivity index (χ4v) is 3.86. The minimum atomic E-state index is -1.15. The van der Waals surface area contributed by atoms with E-state index in [-0.39, 0.29) is 12.8 Å². The highest BCUT2D eigenvalue weighted by molar-refractivity contribution is 9.10. The van der Waals surface area contributed by atoms with Gasteiger partial charge in [0.15, 0.2) is 11.5 Å². The molecule has 0 spiro atoms. The maximum Gasteiger partial charge on any atom is 0.231 e. The zero-order valence-electron chi connectivity index (χ0n) is 11.1. The predicted octanol–water partition coefficient (Wildman–Crippen LogP) is 2.99. The molecule has 4 nitrogen and oxygen atoms in total. The summed E-state index contributed by atoms with van der Waals surface area (Å²) in [6.07, 6.45) is 0. The van der Waals surface area contributed by atoms with Gasteiger partial charge >= 0.3 is 0 Å². The molecule has 2 N–H and O–H groups in total. The molecule has 0 aromatic heterocycles. The van der Waals surface area contributed by atoms with Crippen molar-refractivity contribution in [2.24, 2.45) is 5.73 Å². The third-order valence-electron chi connectivity index (χ3n) is 3.21. The average molecular weight is 368 g/mol. The Balaban J connectivity index is 1.74. The summed E-state index contributed by atoms with van der Waals surface area (Å²) in [6.45, 7) is 0.234. The van der Waals surface area contributed by atoms with Crippen molar-refractivity contribution in [3.05, 3.63) is 52.5 Å². The Morgan fingerprint density at radius 2 is 2.00 bits per heavy atom. The lowest BCUT2D eigenvalue weighted by atomic mass is 10.1. The van der Waals surface area contributed by atoms with Crippen molar-refractivity contribution in [3.8, 4) is 11.5 Å². The molecule has 0 saturated heterocycles. The fraction of sp³-hybridized carbons (Fsp3) is 0.200. The van der Waals surface area contributed by atoms with E-state index >= 15 is 0 Å². The topological polar surface area (TPSA) is 61.6 Å². The summed E-state index contributed by atoms with van der Waals surface area (Å²) in [6, 6.07) is 12.7. The standard InChI is InChI=1S/C15H14BrNO3S/c16-11-2-1-3-12(7-11)21(18)8-13(17)10-4-5-14-15(6-10)20-9-19-14/h1-7,13H,8-9,17H2. The van der Waals surface area contributed by atoms with Gasteiger partial charge in [0.25, 0.3) is 0 Å². The lowest BCUT2D eigenvalue weighted by molar-refractivity contribution is 0.174. The van der Waals surface area contributed by atoms with Crippen LogP contribution in [0.3, 0.4) is 0 Å². The first-order valence-electron chi connectivity index (χ1n) is 6.42. The monoisotopic (exact) mass is 367 g/mol. The average Bonchev–Trinajstić information content (AvgIpc) is 2.94. The molecule has 21 heavy (non-hydrogen) atoms. The molecule has 2 atom stereocenters. The van der Waals surface area contributed by atoms with Crippen molar-refractivity contribution in [2.45, 2.75) is 10.9 Å². The van der Waals surface area contributed by atoms with Crippen LogP contribution in [0.25, 0.3) is 0 Å². The molecule has 0 bridgehead atoms. The van der Waals surface area contributed by atoms with Gasteiger partial charge in [0.05, 0.1) is 10.8 Å². The second-order valence-corrected chi connectivity index (χ2v) is 7.10. The van der Waals surface area contributed by atoms with Crippen LogP contribution in [0.2, 0.25) is 0 Å². The summed E-state index contributed by atoms with van der Waals surface area (Å²) in [5, 5.41) is 0. The van der Waals surface area contributed by atoms with Crippen molar-refractivity contribution in [1.29, 1.82) is 0 Å². The number of ether oxygens (including phenoxy) is 2. The highest BCUT2D eigenvalue weighted by Gasteiger charge is 2.18. The molecule has 0 saturated carbocycles. The molecule has 1 heterocycles. The van der Waals surface area contributed by atoms with Crippen molar-refractivity contribution >= 4 is 26.7 Å². The highest BCUT2D eigenvalue weighted by Crippen LogP contribution is 2.34. The molecule has 1 aliphatic heterocycles. The maximum atomic E-state index is 12.4. The molecule has 6 heteroatoms. The molecule has 110 valence electrons. The Hall–Kier alpha value is -1.37. The van der Waals surface area contributed by atoms with Gasteiger partial charge in [0.1, 0.15) is 0 Å². The van der Waals surface area contributed by atoms with Gasteiger partial charge in [-0.3, -0.25) is 4.21 Å². The third-order valence-corrected chi connectivity index (χ3v) is 5.15. The van der Waals surface area contributed by atoms with Crippen LogP contribution in [-0.2, 0) is 10.8 Å². The Morgan fingerprint density at radius 3 is 2.81 bits per heavy atom. The fourth-order valence-electron chi connectivity index (χ4n) is 2.11. The molecule has 3 rings (SSSR count). The Kier molecular flexibility index (Phi) is 4.28. The molecule has 2 aromatic rings.